The summed E-state index contributed by atoms with van der Waals surface area (Å²) >= 11 is 0. The minimum absolute atomic E-state index is 0.144. The minimum atomic E-state index is -0.144. The van der Waals surface area contributed by atoms with Crippen molar-refractivity contribution in [2.24, 2.45) is 5.41 Å². The number of para-hydroxylation sites is 1. The summed E-state index contributed by atoms with van der Waals surface area (Å²) in [7, 11) is 1.63. The van der Waals surface area contributed by atoms with Crippen molar-refractivity contribution >= 4 is 5.71 Å². The third kappa shape index (κ3) is 2.13. The Morgan fingerprint density at radius 3 is 2.29 bits per heavy atom. The van der Waals surface area contributed by atoms with Gasteiger partial charge in [0, 0.05) is 16.7 Å². The Morgan fingerprint density at radius 1 is 1.21 bits per heavy atom. The first-order valence-corrected chi connectivity index (χ1v) is 4.69. The van der Waals surface area contributed by atoms with Crippen molar-refractivity contribution in [2.75, 3.05) is 7.11 Å². The van der Waals surface area contributed by atoms with Gasteiger partial charge in [-0.25, -0.2) is 0 Å². The van der Waals surface area contributed by atoms with E-state index in [1.165, 1.54) is 0 Å². The van der Waals surface area contributed by atoms with Gasteiger partial charge in [0.15, 0.2) is 0 Å². The normalized spacial score (nSPS) is 11.1. The molecule has 0 aliphatic heterocycles. The van der Waals surface area contributed by atoms with E-state index in [-0.39, 0.29) is 5.41 Å². The summed E-state index contributed by atoms with van der Waals surface area (Å²) in [6.45, 7) is 6.09. The molecule has 1 aromatic carbocycles. The summed E-state index contributed by atoms with van der Waals surface area (Å²) in [4.78, 5) is 0. The molecular formula is C12H17NO. The zero-order valence-corrected chi connectivity index (χ0v) is 9.22. The second-order valence-corrected chi connectivity index (χ2v) is 4.33. The van der Waals surface area contributed by atoms with Gasteiger partial charge in [0.2, 0.25) is 0 Å². The molecule has 0 saturated carbocycles. The molecule has 2 nitrogen and oxygen atoms in total. The van der Waals surface area contributed by atoms with Crippen molar-refractivity contribution in [1.82, 2.24) is 0 Å². The molecule has 0 aliphatic carbocycles. The molecule has 0 atom stereocenters. The summed E-state index contributed by atoms with van der Waals surface area (Å²) in [6.07, 6.45) is 0. The van der Waals surface area contributed by atoms with Gasteiger partial charge >= 0.3 is 0 Å². The number of ether oxygens (including phenoxy) is 1. The number of benzene rings is 1. The maximum Gasteiger partial charge on any atom is 0.127 e. The summed E-state index contributed by atoms with van der Waals surface area (Å²) in [5.41, 5.74) is 1.34. The first-order chi connectivity index (χ1) is 6.46. The lowest BCUT2D eigenvalue weighted by Gasteiger charge is -2.21. The Bertz CT molecular complexity index is 336. The van der Waals surface area contributed by atoms with Gasteiger partial charge < -0.3 is 10.1 Å². The number of rotatable bonds is 2. The van der Waals surface area contributed by atoms with Gasteiger partial charge in [0.05, 0.1) is 7.11 Å². The first kappa shape index (κ1) is 10.8. The third-order valence-electron chi connectivity index (χ3n) is 2.13. The molecule has 0 bridgehead atoms. The first-order valence-electron chi connectivity index (χ1n) is 4.69. The number of methoxy groups -OCH3 is 1. The van der Waals surface area contributed by atoms with Gasteiger partial charge in [0.1, 0.15) is 5.75 Å². The molecule has 14 heavy (non-hydrogen) atoms. The highest BCUT2D eigenvalue weighted by Gasteiger charge is 2.21. The van der Waals surface area contributed by atoms with Crippen molar-refractivity contribution in [2.45, 2.75) is 20.8 Å². The zero-order chi connectivity index (χ0) is 10.8. The lowest BCUT2D eigenvalue weighted by molar-refractivity contribution is 0.412. The third-order valence-corrected chi connectivity index (χ3v) is 2.13. The van der Waals surface area contributed by atoms with Crippen molar-refractivity contribution in [3.8, 4) is 5.75 Å². The van der Waals surface area contributed by atoms with E-state index >= 15 is 0 Å². The van der Waals surface area contributed by atoms with E-state index in [1.54, 1.807) is 7.11 Å². The molecule has 0 amide bonds. The van der Waals surface area contributed by atoms with Crippen LogP contribution in [-0.2, 0) is 0 Å². The van der Waals surface area contributed by atoms with Crippen LogP contribution in [0.3, 0.4) is 0 Å². The fourth-order valence-corrected chi connectivity index (χ4v) is 1.26. The fourth-order valence-electron chi connectivity index (χ4n) is 1.26. The van der Waals surface area contributed by atoms with Gasteiger partial charge in [0.25, 0.3) is 0 Å². The highest BCUT2D eigenvalue weighted by Crippen LogP contribution is 2.26. The van der Waals surface area contributed by atoms with Crippen LogP contribution in [0, 0.1) is 10.8 Å². The largest absolute Gasteiger partial charge is 0.496 e. The molecule has 0 radical (unpaired) electrons. The average Bonchev–Trinajstić information content (AvgIpc) is 2.15. The second-order valence-electron chi connectivity index (χ2n) is 4.33. The van der Waals surface area contributed by atoms with Crippen LogP contribution in [0.25, 0.3) is 0 Å². The van der Waals surface area contributed by atoms with Gasteiger partial charge in [-0.15, -0.1) is 0 Å². The molecule has 0 unspecified atom stereocenters. The lowest BCUT2D eigenvalue weighted by atomic mass is 9.85. The maximum absolute atomic E-state index is 8.05. The van der Waals surface area contributed by atoms with Crippen LogP contribution in [0.1, 0.15) is 26.3 Å². The molecule has 2 heteroatoms. The van der Waals surface area contributed by atoms with Crippen LogP contribution in [0.4, 0.5) is 0 Å². The molecule has 0 aliphatic rings. The smallest absolute Gasteiger partial charge is 0.127 e. The van der Waals surface area contributed by atoms with E-state index in [0.717, 1.165) is 11.3 Å². The van der Waals surface area contributed by atoms with Crippen LogP contribution in [0.5, 0.6) is 5.75 Å². The highest BCUT2D eigenvalue weighted by atomic mass is 16.5. The van der Waals surface area contributed by atoms with Gasteiger partial charge in [-0.05, 0) is 12.1 Å². The molecule has 1 rings (SSSR count). The summed E-state index contributed by atoms with van der Waals surface area (Å²) in [6, 6.07) is 7.65. The number of hydrogen-bond donors (Lipinski definition) is 1. The predicted molar refractivity (Wildman–Crippen MR) is 59.3 cm³/mol. The lowest BCUT2D eigenvalue weighted by Crippen LogP contribution is -2.20. The Kier molecular flexibility index (Phi) is 2.94. The van der Waals surface area contributed by atoms with E-state index in [1.807, 2.05) is 45.0 Å². The van der Waals surface area contributed by atoms with Crippen molar-refractivity contribution < 1.29 is 4.74 Å². The molecule has 0 aromatic heterocycles. The topological polar surface area (TPSA) is 33.1 Å². The van der Waals surface area contributed by atoms with Gasteiger partial charge in [-0.1, -0.05) is 32.9 Å². The van der Waals surface area contributed by atoms with Crippen LogP contribution in [0.15, 0.2) is 24.3 Å². The van der Waals surface area contributed by atoms with Crippen molar-refractivity contribution in [3.63, 3.8) is 0 Å². The molecule has 0 spiro atoms. The predicted octanol–water partition coefficient (Wildman–Crippen LogP) is 3.11. The molecular weight excluding hydrogens is 174 g/mol. The molecule has 0 heterocycles. The summed E-state index contributed by atoms with van der Waals surface area (Å²) in [5.74, 6) is 0.771. The van der Waals surface area contributed by atoms with E-state index < -0.39 is 0 Å². The Hall–Kier alpha value is -1.31. The maximum atomic E-state index is 8.05. The molecule has 76 valence electrons. The highest BCUT2D eigenvalue weighted by molar-refractivity contribution is 6.03. The average molecular weight is 191 g/mol. The Balaban J connectivity index is 3.13. The molecule has 0 saturated heterocycles. The fraction of sp³-hybridized carbons (Fsp3) is 0.417. The zero-order valence-electron chi connectivity index (χ0n) is 9.22. The van der Waals surface area contributed by atoms with Gasteiger partial charge in [-0.2, -0.15) is 0 Å². The van der Waals surface area contributed by atoms with Crippen LogP contribution >= 0.6 is 0 Å². The monoisotopic (exact) mass is 191 g/mol. The van der Waals surface area contributed by atoms with E-state index in [9.17, 15) is 0 Å². The number of hydrogen-bond acceptors (Lipinski definition) is 2. The molecule has 1 N–H and O–H groups in total. The Morgan fingerprint density at radius 2 is 1.79 bits per heavy atom. The Labute approximate surface area is 85.4 Å². The van der Waals surface area contributed by atoms with Crippen LogP contribution in [-0.4, -0.2) is 12.8 Å². The van der Waals surface area contributed by atoms with E-state index in [0.29, 0.717) is 5.71 Å². The quantitative estimate of drug-likeness (QED) is 0.716. The van der Waals surface area contributed by atoms with E-state index in [4.69, 9.17) is 10.1 Å². The summed E-state index contributed by atoms with van der Waals surface area (Å²) < 4.78 is 5.22. The SMILES string of the molecule is COc1ccccc1C(=N)C(C)(C)C. The second kappa shape index (κ2) is 3.82. The molecule has 0 fully saturated rings. The van der Waals surface area contributed by atoms with Gasteiger partial charge in [-0.3, -0.25) is 0 Å². The number of nitrogens with one attached hydrogen (secondary N) is 1. The van der Waals surface area contributed by atoms with Crippen LogP contribution in [0.2, 0.25) is 0 Å². The minimum Gasteiger partial charge on any atom is -0.496 e. The summed E-state index contributed by atoms with van der Waals surface area (Å²) in [5, 5.41) is 8.05. The molecule has 1 aromatic rings. The van der Waals surface area contributed by atoms with Crippen molar-refractivity contribution in [3.05, 3.63) is 29.8 Å². The van der Waals surface area contributed by atoms with Crippen molar-refractivity contribution in [1.29, 1.82) is 5.41 Å². The standard InChI is InChI=1S/C12H17NO/c1-12(2,3)11(13)9-7-5-6-8-10(9)14-4/h5-8,13H,1-4H3. The van der Waals surface area contributed by atoms with E-state index in [2.05, 4.69) is 0 Å². The van der Waals surface area contributed by atoms with Crippen LogP contribution < -0.4 is 4.74 Å².